The first-order chi connectivity index (χ1) is 14.8. The van der Waals surface area contributed by atoms with Gasteiger partial charge in [0.15, 0.2) is 0 Å². The van der Waals surface area contributed by atoms with E-state index in [0.717, 1.165) is 27.6 Å². The van der Waals surface area contributed by atoms with Crippen molar-refractivity contribution in [2.24, 2.45) is 5.10 Å². The highest BCUT2D eigenvalue weighted by molar-refractivity contribution is 6.03. The third-order valence-electron chi connectivity index (χ3n) is 5.58. The molecule has 1 amide bonds. The van der Waals surface area contributed by atoms with Crippen molar-refractivity contribution in [1.29, 1.82) is 0 Å². The molecular weight excluding hydrogens is 394 g/mol. The number of carbonyl (C=O) groups is 2. The van der Waals surface area contributed by atoms with Gasteiger partial charge in [0.1, 0.15) is 0 Å². The molecule has 0 unspecified atom stereocenters. The molecule has 1 aromatic heterocycles. The van der Waals surface area contributed by atoms with E-state index in [1.54, 1.807) is 6.07 Å². The van der Waals surface area contributed by atoms with E-state index in [0.29, 0.717) is 17.7 Å². The summed E-state index contributed by atoms with van der Waals surface area (Å²) < 4.78 is 0. The zero-order valence-electron chi connectivity index (χ0n) is 17.4. The summed E-state index contributed by atoms with van der Waals surface area (Å²) in [7, 11) is 0. The number of carbonyl (C=O) groups excluding carboxylic acids is 1. The molecule has 7 heteroatoms. The number of aliphatic carboxylic acids is 1. The Labute approximate surface area is 179 Å². The number of amides is 1. The largest absolute Gasteiger partial charge is 0.481 e. The highest BCUT2D eigenvalue weighted by Crippen LogP contribution is 2.33. The van der Waals surface area contributed by atoms with Gasteiger partial charge in [0, 0.05) is 18.4 Å². The number of carboxylic acids is 1. The second kappa shape index (κ2) is 8.18. The van der Waals surface area contributed by atoms with E-state index in [2.05, 4.69) is 10.1 Å². The van der Waals surface area contributed by atoms with Crippen molar-refractivity contribution in [3.63, 3.8) is 0 Å². The molecule has 1 atom stereocenters. The third kappa shape index (κ3) is 4.12. The maximum absolute atomic E-state index is 13.0. The van der Waals surface area contributed by atoms with Crippen LogP contribution in [-0.2, 0) is 9.59 Å². The minimum atomic E-state index is -1.05. The molecule has 0 radical (unpaired) electrons. The van der Waals surface area contributed by atoms with Crippen molar-refractivity contribution in [3.05, 3.63) is 81.1 Å². The summed E-state index contributed by atoms with van der Waals surface area (Å²) in [5.41, 5.74) is 4.55. The van der Waals surface area contributed by atoms with E-state index < -0.39 is 17.9 Å². The fraction of sp³-hybridized carbons (Fsp3) is 0.250. The van der Waals surface area contributed by atoms with Crippen molar-refractivity contribution in [2.75, 3.05) is 0 Å². The summed E-state index contributed by atoms with van der Waals surface area (Å²) in [6.07, 6.45) is -0.0892. The maximum atomic E-state index is 13.0. The lowest BCUT2D eigenvalue weighted by atomic mass is 9.97. The Balaban J connectivity index is 1.76. The standard InChI is InChI=1S/C24H23N3O4/c1-14-6-8-16(9-7-14)19-13-20(27(26-19)21(28)10-11-22(29)30)18-12-17-5-3-4-15(2)23(17)25-24(18)31/h3-9,12,20H,10-11,13H2,1-2H3,(H,25,31)(H,29,30)/t20-/m1/s1. The minimum Gasteiger partial charge on any atom is -0.481 e. The summed E-state index contributed by atoms with van der Waals surface area (Å²) in [5, 5.41) is 15.6. The van der Waals surface area contributed by atoms with E-state index in [1.807, 2.05) is 56.3 Å². The second-order valence-electron chi connectivity index (χ2n) is 7.86. The van der Waals surface area contributed by atoms with E-state index in [-0.39, 0.29) is 18.4 Å². The number of hydrogen-bond acceptors (Lipinski definition) is 4. The first-order valence-corrected chi connectivity index (χ1v) is 10.1. The number of nitrogens with zero attached hydrogens (tertiary/aromatic N) is 2. The summed E-state index contributed by atoms with van der Waals surface area (Å²) >= 11 is 0. The summed E-state index contributed by atoms with van der Waals surface area (Å²) in [6, 6.07) is 14.8. The number of aromatic nitrogens is 1. The van der Waals surface area contributed by atoms with E-state index in [1.165, 1.54) is 5.01 Å². The van der Waals surface area contributed by atoms with Gasteiger partial charge in [0.05, 0.1) is 23.7 Å². The minimum absolute atomic E-state index is 0.179. The lowest BCUT2D eigenvalue weighted by molar-refractivity contribution is -0.141. The first kappa shape index (κ1) is 20.5. The van der Waals surface area contributed by atoms with E-state index in [4.69, 9.17) is 5.11 Å². The van der Waals surface area contributed by atoms with Crippen LogP contribution in [0.1, 0.15) is 47.6 Å². The fourth-order valence-electron chi connectivity index (χ4n) is 3.88. The van der Waals surface area contributed by atoms with Crippen LogP contribution in [-0.4, -0.2) is 32.7 Å². The Kier molecular flexibility index (Phi) is 5.42. The Hall–Kier alpha value is -3.74. The van der Waals surface area contributed by atoms with Gasteiger partial charge < -0.3 is 10.1 Å². The van der Waals surface area contributed by atoms with Gasteiger partial charge in [-0.15, -0.1) is 0 Å². The highest BCUT2D eigenvalue weighted by atomic mass is 16.4. The molecule has 2 aromatic carbocycles. The molecule has 158 valence electrons. The number of aryl methyl sites for hydroxylation is 2. The van der Waals surface area contributed by atoms with Gasteiger partial charge in [0.25, 0.3) is 5.56 Å². The molecule has 0 aliphatic carbocycles. The molecule has 0 bridgehead atoms. The van der Waals surface area contributed by atoms with Crippen LogP contribution in [0.3, 0.4) is 0 Å². The van der Waals surface area contributed by atoms with Crippen molar-refractivity contribution in [3.8, 4) is 0 Å². The lowest BCUT2D eigenvalue weighted by Gasteiger charge is -2.21. The summed E-state index contributed by atoms with van der Waals surface area (Å²) in [5.74, 6) is -1.47. The van der Waals surface area contributed by atoms with Gasteiger partial charge in [0.2, 0.25) is 5.91 Å². The molecule has 0 saturated carbocycles. The van der Waals surface area contributed by atoms with Crippen LogP contribution in [0.25, 0.3) is 10.9 Å². The number of pyridine rings is 1. The number of hydrogen-bond donors (Lipinski definition) is 2. The molecule has 3 aromatic rings. The molecule has 0 fully saturated rings. The van der Waals surface area contributed by atoms with Gasteiger partial charge in [-0.25, -0.2) is 5.01 Å². The monoisotopic (exact) mass is 417 g/mol. The van der Waals surface area contributed by atoms with Crippen LogP contribution < -0.4 is 5.56 Å². The van der Waals surface area contributed by atoms with Crippen molar-refractivity contribution in [1.82, 2.24) is 9.99 Å². The third-order valence-corrected chi connectivity index (χ3v) is 5.58. The average molecular weight is 417 g/mol. The van der Waals surface area contributed by atoms with Crippen LogP contribution >= 0.6 is 0 Å². The fourth-order valence-corrected chi connectivity index (χ4v) is 3.88. The summed E-state index contributed by atoms with van der Waals surface area (Å²) in [6.45, 7) is 3.91. The van der Waals surface area contributed by atoms with Gasteiger partial charge in [-0.05, 0) is 36.4 Å². The molecule has 4 rings (SSSR count). The first-order valence-electron chi connectivity index (χ1n) is 10.1. The topological polar surface area (TPSA) is 103 Å². The average Bonchev–Trinajstić information content (AvgIpc) is 3.18. The Morgan fingerprint density at radius 1 is 1.13 bits per heavy atom. The normalized spacial score (nSPS) is 15.9. The quantitative estimate of drug-likeness (QED) is 0.661. The number of nitrogens with one attached hydrogen (secondary N) is 1. The van der Waals surface area contributed by atoms with E-state index >= 15 is 0 Å². The van der Waals surface area contributed by atoms with E-state index in [9.17, 15) is 14.4 Å². The van der Waals surface area contributed by atoms with Gasteiger partial charge in [-0.2, -0.15) is 5.10 Å². The number of H-pyrrole nitrogens is 1. The van der Waals surface area contributed by atoms with Gasteiger partial charge in [-0.1, -0.05) is 48.0 Å². The van der Waals surface area contributed by atoms with Gasteiger partial charge in [-0.3, -0.25) is 14.4 Å². The number of fused-ring (bicyclic) bond motifs is 1. The van der Waals surface area contributed by atoms with Gasteiger partial charge >= 0.3 is 5.97 Å². The number of aromatic amines is 1. The molecule has 2 heterocycles. The number of benzene rings is 2. The number of carboxylic acid groups (broad SMARTS) is 1. The number of rotatable bonds is 5. The zero-order valence-corrected chi connectivity index (χ0v) is 17.4. The Bertz CT molecular complexity index is 1260. The molecule has 1 aliphatic rings. The predicted molar refractivity (Wildman–Crippen MR) is 118 cm³/mol. The molecule has 7 nitrogen and oxygen atoms in total. The van der Waals surface area contributed by atoms with Crippen LogP contribution in [0, 0.1) is 13.8 Å². The second-order valence-corrected chi connectivity index (χ2v) is 7.86. The van der Waals surface area contributed by atoms with Crippen molar-refractivity contribution < 1.29 is 14.7 Å². The molecule has 0 saturated heterocycles. The van der Waals surface area contributed by atoms with Crippen LogP contribution in [0.2, 0.25) is 0 Å². The maximum Gasteiger partial charge on any atom is 0.303 e. The smallest absolute Gasteiger partial charge is 0.303 e. The van der Waals surface area contributed by atoms with Crippen molar-refractivity contribution >= 4 is 28.5 Å². The Morgan fingerprint density at radius 2 is 1.87 bits per heavy atom. The lowest BCUT2D eigenvalue weighted by Crippen LogP contribution is -2.31. The van der Waals surface area contributed by atoms with Crippen molar-refractivity contribution in [2.45, 2.75) is 39.2 Å². The van der Waals surface area contributed by atoms with Crippen LogP contribution in [0.15, 0.2) is 58.4 Å². The molecular formula is C24H23N3O4. The van der Waals surface area contributed by atoms with Crippen LogP contribution in [0.4, 0.5) is 0 Å². The van der Waals surface area contributed by atoms with Crippen LogP contribution in [0.5, 0.6) is 0 Å². The number of para-hydroxylation sites is 1. The zero-order chi connectivity index (χ0) is 22.1. The number of hydrazone groups is 1. The molecule has 31 heavy (non-hydrogen) atoms. The summed E-state index contributed by atoms with van der Waals surface area (Å²) in [4.78, 5) is 39.7. The molecule has 0 spiro atoms. The SMILES string of the molecule is Cc1ccc(C2=NN(C(=O)CCC(=O)O)[C@@H](c3cc4cccc(C)c4[nH]c3=O)C2)cc1. The molecule has 2 N–H and O–H groups in total. The highest BCUT2D eigenvalue weighted by Gasteiger charge is 2.34. The molecule has 1 aliphatic heterocycles. The Morgan fingerprint density at radius 3 is 2.58 bits per heavy atom. The predicted octanol–water partition coefficient (Wildman–Crippen LogP) is 3.69.